The highest BCUT2D eigenvalue weighted by molar-refractivity contribution is 5.28. The highest BCUT2D eigenvalue weighted by atomic mass is 15.2. The quantitative estimate of drug-likeness (QED) is 0.828. The van der Waals surface area contributed by atoms with Gasteiger partial charge in [0, 0.05) is 31.0 Å². The summed E-state index contributed by atoms with van der Waals surface area (Å²) in [5.74, 6) is 1.05. The Morgan fingerprint density at radius 2 is 2.00 bits per heavy atom. The summed E-state index contributed by atoms with van der Waals surface area (Å²) >= 11 is 0. The van der Waals surface area contributed by atoms with Crippen molar-refractivity contribution in [3.05, 3.63) is 12.4 Å². The van der Waals surface area contributed by atoms with E-state index in [-0.39, 0.29) is 0 Å². The van der Waals surface area contributed by atoms with E-state index in [4.69, 9.17) is 0 Å². The molecule has 0 amide bonds. The van der Waals surface area contributed by atoms with Crippen LogP contribution in [0.3, 0.4) is 0 Å². The van der Waals surface area contributed by atoms with Crippen molar-refractivity contribution in [2.75, 3.05) is 25.0 Å². The molecule has 1 fully saturated rings. The number of nitrogens with zero attached hydrogens (tertiary/aromatic N) is 3. The third-order valence-electron chi connectivity index (χ3n) is 4.44. The van der Waals surface area contributed by atoms with Gasteiger partial charge in [0.05, 0.1) is 0 Å². The number of rotatable bonds is 7. The van der Waals surface area contributed by atoms with Crippen LogP contribution in [0.15, 0.2) is 12.4 Å². The summed E-state index contributed by atoms with van der Waals surface area (Å²) in [6.07, 6.45) is 10.8. The van der Waals surface area contributed by atoms with Crippen LogP contribution in [0.1, 0.15) is 58.9 Å². The second-order valence-electron chi connectivity index (χ2n) is 5.98. The molecule has 0 aliphatic heterocycles. The van der Waals surface area contributed by atoms with E-state index in [2.05, 4.69) is 46.7 Å². The van der Waals surface area contributed by atoms with Crippen LogP contribution in [0.5, 0.6) is 0 Å². The maximum atomic E-state index is 4.52. The lowest BCUT2D eigenvalue weighted by Crippen LogP contribution is -2.35. The highest BCUT2D eigenvalue weighted by Crippen LogP contribution is 2.30. The highest BCUT2D eigenvalue weighted by Gasteiger charge is 2.18. The van der Waals surface area contributed by atoms with Crippen molar-refractivity contribution in [1.29, 1.82) is 0 Å². The van der Waals surface area contributed by atoms with E-state index in [0.29, 0.717) is 12.1 Å². The number of aromatic nitrogens is 2. The molecule has 0 spiro atoms. The standard InChI is InChI=1S/C16H30N4/c1-4-19(5-2)13-14(3)18-16-17-11-12-20(16)15-9-7-6-8-10-15/h11-12,14-15H,4-10,13H2,1-3H3,(H,17,18). The Hall–Kier alpha value is -1.03. The molecule has 4 nitrogen and oxygen atoms in total. The first-order chi connectivity index (χ1) is 9.74. The molecular formula is C16H30N4. The van der Waals surface area contributed by atoms with Crippen LogP contribution in [-0.4, -0.2) is 40.1 Å². The van der Waals surface area contributed by atoms with Crippen LogP contribution >= 0.6 is 0 Å². The van der Waals surface area contributed by atoms with Crippen molar-refractivity contribution >= 4 is 5.95 Å². The molecule has 114 valence electrons. The molecule has 0 bridgehead atoms. The minimum atomic E-state index is 0.430. The molecule has 2 rings (SSSR count). The lowest BCUT2D eigenvalue weighted by atomic mass is 9.95. The minimum Gasteiger partial charge on any atom is -0.352 e. The number of hydrogen-bond acceptors (Lipinski definition) is 3. The number of nitrogens with one attached hydrogen (secondary N) is 1. The monoisotopic (exact) mass is 278 g/mol. The minimum absolute atomic E-state index is 0.430. The van der Waals surface area contributed by atoms with Gasteiger partial charge < -0.3 is 14.8 Å². The molecule has 1 aliphatic rings. The summed E-state index contributed by atoms with van der Waals surface area (Å²) < 4.78 is 2.36. The van der Waals surface area contributed by atoms with Crippen molar-refractivity contribution in [3.63, 3.8) is 0 Å². The average molecular weight is 278 g/mol. The van der Waals surface area contributed by atoms with Gasteiger partial charge in [-0.05, 0) is 32.9 Å². The second-order valence-corrected chi connectivity index (χ2v) is 5.98. The molecule has 1 heterocycles. The summed E-state index contributed by atoms with van der Waals surface area (Å²) in [5, 5.41) is 3.60. The van der Waals surface area contributed by atoms with Gasteiger partial charge in [-0.3, -0.25) is 0 Å². The third-order valence-corrected chi connectivity index (χ3v) is 4.44. The van der Waals surface area contributed by atoms with Crippen LogP contribution in [0, 0.1) is 0 Å². The van der Waals surface area contributed by atoms with Gasteiger partial charge >= 0.3 is 0 Å². The number of anilines is 1. The van der Waals surface area contributed by atoms with E-state index in [0.717, 1.165) is 25.6 Å². The zero-order chi connectivity index (χ0) is 14.4. The summed E-state index contributed by atoms with van der Waals surface area (Å²) in [7, 11) is 0. The molecule has 1 saturated carbocycles. The van der Waals surface area contributed by atoms with Gasteiger partial charge in [0.2, 0.25) is 5.95 Å². The van der Waals surface area contributed by atoms with Gasteiger partial charge in [-0.15, -0.1) is 0 Å². The Bertz CT molecular complexity index is 378. The van der Waals surface area contributed by atoms with Gasteiger partial charge in [-0.2, -0.15) is 0 Å². The fourth-order valence-corrected chi connectivity index (χ4v) is 3.21. The third kappa shape index (κ3) is 3.98. The molecule has 0 saturated heterocycles. The number of hydrogen-bond donors (Lipinski definition) is 1. The normalized spacial score (nSPS) is 18.4. The molecule has 1 N–H and O–H groups in total. The van der Waals surface area contributed by atoms with Gasteiger partial charge in [-0.25, -0.2) is 4.98 Å². The van der Waals surface area contributed by atoms with Crippen molar-refractivity contribution in [2.45, 2.75) is 65.0 Å². The second kappa shape index (κ2) is 7.67. The number of imidazole rings is 1. The fraction of sp³-hybridized carbons (Fsp3) is 0.812. The summed E-state index contributed by atoms with van der Waals surface area (Å²) in [6.45, 7) is 9.99. The van der Waals surface area contributed by atoms with E-state index < -0.39 is 0 Å². The van der Waals surface area contributed by atoms with Crippen molar-refractivity contribution in [1.82, 2.24) is 14.5 Å². The number of likely N-dealkylation sites (N-methyl/N-ethyl adjacent to an activating group) is 1. The van der Waals surface area contributed by atoms with Gasteiger partial charge in [0.25, 0.3) is 0 Å². The molecule has 4 heteroatoms. The van der Waals surface area contributed by atoms with Crippen LogP contribution in [0.2, 0.25) is 0 Å². The molecular weight excluding hydrogens is 248 g/mol. The lowest BCUT2D eigenvalue weighted by molar-refractivity contribution is 0.293. The summed E-state index contributed by atoms with van der Waals surface area (Å²) in [4.78, 5) is 6.97. The topological polar surface area (TPSA) is 33.1 Å². The van der Waals surface area contributed by atoms with Crippen LogP contribution in [0.4, 0.5) is 5.95 Å². The molecule has 0 radical (unpaired) electrons. The predicted molar refractivity (Wildman–Crippen MR) is 85.2 cm³/mol. The smallest absolute Gasteiger partial charge is 0.203 e. The maximum absolute atomic E-state index is 4.52. The largest absolute Gasteiger partial charge is 0.352 e. The van der Waals surface area contributed by atoms with E-state index >= 15 is 0 Å². The van der Waals surface area contributed by atoms with Crippen LogP contribution < -0.4 is 5.32 Å². The Morgan fingerprint density at radius 1 is 1.30 bits per heavy atom. The molecule has 1 aliphatic carbocycles. The molecule has 0 aromatic carbocycles. The predicted octanol–water partition coefficient (Wildman–Crippen LogP) is 3.53. The molecule has 20 heavy (non-hydrogen) atoms. The van der Waals surface area contributed by atoms with Crippen molar-refractivity contribution < 1.29 is 0 Å². The maximum Gasteiger partial charge on any atom is 0.203 e. The molecule has 1 aromatic rings. The van der Waals surface area contributed by atoms with Crippen molar-refractivity contribution in [2.24, 2.45) is 0 Å². The van der Waals surface area contributed by atoms with E-state index in [1.165, 1.54) is 32.1 Å². The fourth-order valence-electron chi connectivity index (χ4n) is 3.21. The van der Waals surface area contributed by atoms with Gasteiger partial charge in [0.1, 0.15) is 0 Å². The van der Waals surface area contributed by atoms with E-state index in [9.17, 15) is 0 Å². The Labute approximate surface area is 123 Å². The van der Waals surface area contributed by atoms with E-state index in [1.807, 2.05) is 6.20 Å². The van der Waals surface area contributed by atoms with Crippen LogP contribution in [-0.2, 0) is 0 Å². The van der Waals surface area contributed by atoms with Crippen molar-refractivity contribution in [3.8, 4) is 0 Å². The zero-order valence-corrected chi connectivity index (χ0v) is 13.3. The average Bonchev–Trinajstić information content (AvgIpc) is 2.93. The first-order valence-electron chi connectivity index (χ1n) is 8.26. The summed E-state index contributed by atoms with van der Waals surface area (Å²) in [6, 6.07) is 1.08. The Balaban J connectivity index is 1.94. The lowest BCUT2D eigenvalue weighted by Gasteiger charge is -2.27. The van der Waals surface area contributed by atoms with Gasteiger partial charge in [0.15, 0.2) is 0 Å². The SMILES string of the molecule is CCN(CC)CC(C)Nc1nccn1C1CCCCC1. The zero-order valence-electron chi connectivity index (χ0n) is 13.3. The van der Waals surface area contributed by atoms with E-state index in [1.54, 1.807) is 0 Å². The van der Waals surface area contributed by atoms with Gasteiger partial charge in [-0.1, -0.05) is 33.1 Å². The first-order valence-corrected chi connectivity index (χ1v) is 8.26. The molecule has 1 atom stereocenters. The van der Waals surface area contributed by atoms with Crippen LogP contribution in [0.25, 0.3) is 0 Å². The molecule has 1 aromatic heterocycles. The Morgan fingerprint density at radius 3 is 2.65 bits per heavy atom. The first kappa shape index (κ1) is 15.4. The molecule has 1 unspecified atom stereocenters. The Kier molecular flexibility index (Phi) is 5.89. The summed E-state index contributed by atoms with van der Waals surface area (Å²) in [5.41, 5.74) is 0.